The molecule has 0 saturated carbocycles. The lowest BCUT2D eigenvalue weighted by Gasteiger charge is -2.26. The fourth-order valence-corrected chi connectivity index (χ4v) is 3.23. The fraction of sp³-hybridized carbons (Fsp3) is 0.208. The molecule has 0 amide bonds. The summed E-state index contributed by atoms with van der Waals surface area (Å²) in [5, 5.41) is 3.77. The van der Waals surface area contributed by atoms with E-state index >= 15 is 0 Å². The fourth-order valence-electron chi connectivity index (χ4n) is 3.23. The minimum Gasteiger partial charge on any atom is -0.436 e. The SMILES string of the molecule is Cc1ccc(C(C)(C)c2ccc(Oc3ncc(-c4noc(C)n4)cc3F)cc2)cc1. The van der Waals surface area contributed by atoms with Crippen LogP contribution >= 0.6 is 0 Å². The number of hydrogen-bond donors (Lipinski definition) is 0. The van der Waals surface area contributed by atoms with Gasteiger partial charge < -0.3 is 9.26 Å². The highest BCUT2D eigenvalue weighted by molar-refractivity contribution is 5.53. The second kappa shape index (κ2) is 7.71. The Balaban J connectivity index is 1.53. The van der Waals surface area contributed by atoms with Crippen molar-refractivity contribution in [3.63, 3.8) is 0 Å². The van der Waals surface area contributed by atoms with E-state index in [-0.39, 0.29) is 17.1 Å². The maximum atomic E-state index is 14.5. The van der Waals surface area contributed by atoms with Crippen LogP contribution in [0.25, 0.3) is 11.4 Å². The first-order chi connectivity index (χ1) is 14.3. The summed E-state index contributed by atoms with van der Waals surface area (Å²) < 4.78 is 25.0. The van der Waals surface area contributed by atoms with Crippen LogP contribution in [0.1, 0.15) is 36.4 Å². The van der Waals surface area contributed by atoms with Crippen LogP contribution in [-0.4, -0.2) is 15.1 Å². The minimum atomic E-state index is -0.598. The van der Waals surface area contributed by atoms with Gasteiger partial charge in [0, 0.05) is 24.1 Å². The largest absolute Gasteiger partial charge is 0.436 e. The van der Waals surface area contributed by atoms with Crippen LogP contribution in [0.15, 0.2) is 65.3 Å². The lowest BCUT2D eigenvalue weighted by molar-refractivity contribution is 0.394. The predicted octanol–water partition coefficient (Wildman–Crippen LogP) is 6.01. The molecule has 0 bridgehead atoms. The Morgan fingerprint density at radius 1 is 0.933 bits per heavy atom. The number of aryl methyl sites for hydroxylation is 2. The van der Waals surface area contributed by atoms with Crippen LogP contribution in [0.4, 0.5) is 4.39 Å². The van der Waals surface area contributed by atoms with Gasteiger partial charge in [-0.05, 0) is 36.2 Å². The van der Waals surface area contributed by atoms with Gasteiger partial charge in [-0.2, -0.15) is 4.98 Å². The van der Waals surface area contributed by atoms with Crippen LogP contribution < -0.4 is 4.74 Å². The van der Waals surface area contributed by atoms with E-state index in [0.29, 0.717) is 17.2 Å². The highest BCUT2D eigenvalue weighted by Gasteiger charge is 2.23. The third-order valence-electron chi connectivity index (χ3n) is 5.16. The van der Waals surface area contributed by atoms with Gasteiger partial charge in [0.1, 0.15) is 5.75 Å². The zero-order valence-electron chi connectivity index (χ0n) is 17.3. The summed E-state index contributed by atoms with van der Waals surface area (Å²) >= 11 is 0. The van der Waals surface area contributed by atoms with Gasteiger partial charge in [-0.1, -0.05) is 61.0 Å². The first-order valence-electron chi connectivity index (χ1n) is 9.65. The summed E-state index contributed by atoms with van der Waals surface area (Å²) in [6, 6.07) is 17.4. The summed E-state index contributed by atoms with van der Waals surface area (Å²) in [5.74, 6) is 0.490. The summed E-state index contributed by atoms with van der Waals surface area (Å²) in [4.78, 5) is 8.14. The number of aromatic nitrogens is 3. The molecule has 2 heterocycles. The third kappa shape index (κ3) is 3.94. The molecule has 2 aromatic carbocycles. The molecule has 0 unspecified atom stereocenters. The average Bonchev–Trinajstić information content (AvgIpc) is 3.16. The molecule has 0 radical (unpaired) electrons. The lowest BCUT2D eigenvalue weighted by atomic mass is 9.78. The molecule has 0 atom stereocenters. The number of benzene rings is 2. The molecule has 0 aliphatic carbocycles. The van der Waals surface area contributed by atoms with E-state index in [2.05, 4.69) is 60.2 Å². The van der Waals surface area contributed by atoms with E-state index in [1.807, 2.05) is 24.3 Å². The van der Waals surface area contributed by atoms with Gasteiger partial charge in [-0.3, -0.25) is 0 Å². The van der Waals surface area contributed by atoms with Gasteiger partial charge in [-0.15, -0.1) is 0 Å². The van der Waals surface area contributed by atoms with Crippen molar-refractivity contribution in [2.75, 3.05) is 0 Å². The smallest absolute Gasteiger partial charge is 0.255 e. The summed E-state index contributed by atoms with van der Waals surface area (Å²) in [5.41, 5.74) is 3.84. The molecule has 2 aromatic heterocycles. The zero-order chi connectivity index (χ0) is 21.3. The van der Waals surface area contributed by atoms with E-state index in [9.17, 15) is 4.39 Å². The molecule has 30 heavy (non-hydrogen) atoms. The van der Waals surface area contributed by atoms with E-state index in [0.717, 1.165) is 5.56 Å². The zero-order valence-corrected chi connectivity index (χ0v) is 17.3. The maximum Gasteiger partial charge on any atom is 0.255 e. The number of nitrogens with zero attached hydrogens (tertiary/aromatic N) is 3. The quantitative estimate of drug-likeness (QED) is 0.409. The van der Waals surface area contributed by atoms with Gasteiger partial charge >= 0.3 is 0 Å². The van der Waals surface area contributed by atoms with Crippen molar-refractivity contribution in [2.45, 2.75) is 33.1 Å². The standard InChI is InChI=1S/C24H22FN3O2/c1-15-5-7-18(8-6-15)24(3,4)19-9-11-20(12-10-19)29-23-21(25)13-17(14-26-23)22-27-16(2)30-28-22/h5-14H,1-4H3. The molecular formula is C24H22FN3O2. The Bertz CT molecular complexity index is 1170. The molecule has 152 valence electrons. The molecule has 0 N–H and O–H groups in total. The highest BCUT2D eigenvalue weighted by Crippen LogP contribution is 2.33. The lowest BCUT2D eigenvalue weighted by Crippen LogP contribution is -2.18. The molecule has 4 aromatic rings. The summed E-state index contributed by atoms with van der Waals surface area (Å²) in [6.45, 7) is 8.09. The van der Waals surface area contributed by atoms with E-state index in [1.165, 1.54) is 23.4 Å². The van der Waals surface area contributed by atoms with Crippen LogP contribution in [0.3, 0.4) is 0 Å². The van der Waals surface area contributed by atoms with Crippen molar-refractivity contribution in [3.8, 4) is 23.0 Å². The average molecular weight is 403 g/mol. The number of ether oxygens (including phenoxy) is 1. The van der Waals surface area contributed by atoms with Crippen molar-refractivity contribution >= 4 is 0 Å². The Kier molecular flexibility index (Phi) is 5.08. The van der Waals surface area contributed by atoms with Crippen molar-refractivity contribution < 1.29 is 13.7 Å². The van der Waals surface area contributed by atoms with Gasteiger partial charge in [0.15, 0.2) is 5.82 Å². The Hall–Kier alpha value is -3.54. The second-order valence-electron chi connectivity index (χ2n) is 7.77. The molecule has 5 nitrogen and oxygen atoms in total. The molecule has 0 aliphatic heterocycles. The van der Waals surface area contributed by atoms with Gasteiger partial charge in [-0.25, -0.2) is 9.37 Å². The molecular weight excluding hydrogens is 381 g/mol. The van der Waals surface area contributed by atoms with Gasteiger partial charge in [0.25, 0.3) is 5.88 Å². The Morgan fingerprint density at radius 3 is 2.13 bits per heavy atom. The van der Waals surface area contributed by atoms with E-state index < -0.39 is 5.82 Å². The molecule has 6 heteroatoms. The van der Waals surface area contributed by atoms with Crippen LogP contribution in [0.2, 0.25) is 0 Å². The normalized spacial score (nSPS) is 11.5. The monoisotopic (exact) mass is 403 g/mol. The van der Waals surface area contributed by atoms with Crippen LogP contribution in [-0.2, 0) is 5.41 Å². The van der Waals surface area contributed by atoms with E-state index in [4.69, 9.17) is 9.26 Å². The summed E-state index contributed by atoms with van der Waals surface area (Å²) in [6.07, 6.45) is 1.46. The molecule has 0 aliphatic rings. The Labute approximate surface area is 174 Å². The van der Waals surface area contributed by atoms with Crippen LogP contribution in [0, 0.1) is 19.7 Å². The maximum absolute atomic E-state index is 14.5. The van der Waals surface area contributed by atoms with E-state index in [1.54, 1.807) is 6.92 Å². The number of halogens is 1. The number of pyridine rings is 1. The minimum absolute atomic E-state index is 0.107. The number of rotatable bonds is 5. The molecule has 0 fully saturated rings. The number of hydrogen-bond acceptors (Lipinski definition) is 5. The molecule has 4 rings (SSSR count). The summed E-state index contributed by atoms with van der Waals surface area (Å²) in [7, 11) is 0. The van der Waals surface area contributed by atoms with Crippen LogP contribution in [0.5, 0.6) is 11.6 Å². The Morgan fingerprint density at radius 2 is 1.57 bits per heavy atom. The van der Waals surface area contributed by atoms with Gasteiger partial charge in [0.05, 0.1) is 0 Å². The highest BCUT2D eigenvalue weighted by atomic mass is 19.1. The topological polar surface area (TPSA) is 61.0 Å². The first-order valence-corrected chi connectivity index (χ1v) is 9.65. The molecule has 0 spiro atoms. The van der Waals surface area contributed by atoms with Crippen molar-refractivity contribution in [1.82, 2.24) is 15.1 Å². The van der Waals surface area contributed by atoms with Crippen molar-refractivity contribution in [1.29, 1.82) is 0 Å². The van der Waals surface area contributed by atoms with Gasteiger partial charge in [0.2, 0.25) is 11.7 Å². The van der Waals surface area contributed by atoms with Crippen molar-refractivity contribution in [2.24, 2.45) is 0 Å². The second-order valence-corrected chi connectivity index (χ2v) is 7.77. The van der Waals surface area contributed by atoms with Crippen molar-refractivity contribution in [3.05, 3.63) is 89.2 Å². The third-order valence-corrected chi connectivity index (χ3v) is 5.16. The first kappa shape index (κ1) is 19.8. The molecule has 0 saturated heterocycles. The predicted molar refractivity (Wildman–Crippen MR) is 112 cm³/mol.